The zero-order valence-corrected chi connectivity index (χ0v) is 16.0. The van der Waals surface area contributed by atoms with Crippen molar-refractivity contribution in [3.8, 4) is 0 Å². The van der Waals surface area contributed by atoms with Gasteiger partial charge in [0.25, 0.3) is 0 Å². The van der Waals surface area contributed by atoms with E-state index in [0.717, 1.165) is 5.56 Å². The Bertz CT molecular complexity index is 664. The maximum absolute atomic E-state index is 11.8. The zero-order valence-electron chi connectivity index (χ0n) is 15.1. The fourth-order valence-corrected chi connectivity index (χ4v) is 3.19. The Kier molecular flexibility index (Phi) is 10.1. The number of carbonyl (C=O) groups excluding carboxylic acids is 3. The Morgan fingerprint density at radius 2 is 1.78 bits per heavy atom. The summed E-state index contributed by atoms with van der Waals surface area (Å²) in [6, 6.07) is 9.09. The van der Waals surface area contributed by atoms with Crippen molar-refractivity contribution in [1.82, 2.24) is 5.32 Å². The lowest BCUT2D eigenvalue weighted by Crippen LogP contribution is -2.28. The van der Waals surface area contributed by atoms with E-state index in [0.29, 0.717) is 0 Å². The van der Waals surface area contributed by atoms with Crippen molar-refractivity contribution in [2.75, 3.05) is 25.7 Å². The van der Waals surface area contributed by atoms with Gasteiger partial charge in [-0.2, -0.15) is 0 Å². The lowest BCUT2D eigenvalue weighted by atomic mass is 10.2. The number of esters is 2. The highest BCUT2D eigenvalue weighted by Crippen LogP contribution is 2.40. The van der Waals surface area contributed by atoms with Gasteiger partial charge in [0.15, 0.2) is 6.73 Å². The predicted octanol–water partition coefficient (Wildman–Crippen LogP) is 2.03. The van der Waals surface area contributed by atoms with Crippen LogP contribution in [0.3, 0.4) is 0 Å². The summed E-state index contributed by atoms with van der Waals surface area (Å²) < 4.78 is 26.2. The number of rotatable bonds is 11. The maximum atomic E-state index is 11.8. The van der Waals surface area contributed by atoms with Crippen molar-refractivity contribution >= 4 is 25.4 Å². The smallest absolute Gasteiger partial charge is 0.410 e. The minimum Gasteiger partial charge on any atom is -0.465 e. The van der Waals surface area contributed by atoms with Gasteiger partial charge >= 0.3 is 18.0 Å². The molecule has 0 aliphatic carbocycles. The second-order valence-corrected chi connectivity index (χ2v) is 8.22. The van der Waals surface area contributed by atoms with Crippen LogP contribution in [0, 0.1) is 0 Å². The molecule has 1 atom stereocenters. The van der Waals surface area contributed by atoms with Gasteiger partial charge in [-0.1, -0.05) is 30.3 Å². The molecule has 0 fully saturated rings. The molecule has 0 saturated heterocycles. The Morgan fingerprint density at radius 3 is 2.44 bits per heavy atom. The third-order valence-corrected chi connectivity index (χ3v) is 5.19. The monoisotopic (exact) mass is 401 g/mol. The van der Waals surface area contributed by atoms with Gasteiger partial charge in [0, 0.05) is 19.5 Å². The average Bonchev–Trinajstić information content (AvgIpc) is 2.60. The van der Waals surface area contributed by atoms with Gasteiger partial charge in [-0.3, -0.25) is 19.5 Å². The first-order chi connectivity index (χ1) is 12.8. The molecule has 1 aromatic rings. The highest BCUT2D eigenvalue weighted by molar-refractivity contribution is 7.58. The van der Waals surface area contributed by atoms with Gasteiger partial charge in [0.2, 0.25) is 7.37 Å². The van der Waals surface area contributed by atoms with Crippen LogP contribution in [0.4, 0.5) is 4.79 Å². The number of amides is 1. The molecule has 10 heteroatoms. The largest absolute Gasteiger partial charge is 0.465 e. The molecule has 1 amide bonds. The number of carbonyl (C=O) groups is 3. The van der Waals surface area contributed by atoms with Crippen LogP contribution in [-0.2, 0) is 35.0 Å². The van der Waals surface area contributed by atoms with Gasteiger partial charge in [0.1, 0.15) is 13.2 Å². The van der Waals surface area contributed by atoms with E-state index in [9.17, 15) is 23.8 Å². The number of ether oxygens (including phenoxy) is 3. The number of nitrogens with one attached hydrogen (secondary N) is 1. The molecule has 150 valence electrons. The highest BCUT2D eigenvalue weighted by atomic mass is 31.2. The van der Waals surface area contributed by atoms with E-state index in [2.05, 4.69) is 10.1 Å². The van der Waals surface area contributed by atoms with Crippen molar-refractivity contribution in [3.63, 3.8) is 0 Å². The van der Waals surface area contributed by atoms with E-state index in [1.54, 1.807) is 12.1 Å². The molecule has 0 aliphatic heterocycles. The van der Waals surface area contributed by atoms with Crippen LogP contribution in [0.25, 0.3) is 0 Å². The fourth-order valence-electron chi connectivity index (χ4n) is 1.94. The molecule has 1 rings (SSSR count). The van der Waals surface area contributed by atoms with E-state index >= 15 is 0 Å². The molecule has 0 radical (unpaired) electrons. The van der Waals surface area contributed by atoms with Gasteiger partial charge < -0.3 is 19.1 Å². The third-order valence-electron chi connectivity index (χ3n) is 3.30. The first kappa shape index (κ1) is 22.7. The minimum atomic E-state index is -3.46. The summed E-state index contributed by atoms with van der Waals surface area (Å²) in [5, 5.41) is 2.27. The molecule has 1 unspecified atom stereocenters. The summed E-state index contributed by atoms with van der Waals surface area (Å²) in [4.78, 5) is 43.3. The fraction of sp³-hybridized carbons (Fsp3) is 0.471. The molecule has 0 saturated carbocycles. The van der Waals surface area contributed by atoms with Crippen molar-refractivity contribution in [2.45, 2.75) is 26.4 Å². The first-order valence-electron chi connectivity index (χ1n) is 8.33. The van der Waals surface area contributed by atoms with E-state index < -0.39 is 25.4 Å². The number of hydrogen-bond acceptors (Lipinski definition) is 7. The molecule has 2 N–H and O–H groups in total. The van der Waals surface area contributed by atoms with Crippen LogP contribution in [-0.4, -0.2) is 48.6 Å². The normalized spacial score (nSPS) is 12.5. The van der Waals surface area contributed by atoms with Crippen LogP contribution in [0.5, 0.6) is 0 Å². The van der Waals surface area contributed by atoms with Crippen LogP contribution in [0.1, 0.15) is 25.3 Å². The summed E-state index contributed by atoms with van der Waals surface area (Å²) in [7, 11) is -3.46. The van der Waals surface area contributed by atoms with Crippen LogP contribution < -0.4 is 5.32 Å². The van der Waals surface area contributed by atoms with Gasteiger partial charge in [0.05, 0.1) is 6.16 Å². The van der Waals surface area contributed by atoms with E-state index in [1.165, 1.54) is 6.92 Å². The first-order valence-corrected chi connectivity index (χ1v) is 10.4. The SMILES string of the molecule is CC(=O)OCCP(=O)(O)CCCC(=O)OCNC(=O)OCc1ccccc1. The predicted molar refractivity (Wildman–Crippen MR) is 96.1 cm³/mol. The summed E-state index contributed by atoms with van der Waals surface area (Å²) in [6.07, 6.45) is -0.895. The van der Waals surface area contributed by atoms with E-state index in [4.69, 9.17) is 9.47 Å². The number of alkyl carbamates (subject to hydrolysis) is 1. The van der Waals surface area contributed by atoms with Crippen molar-refractivity contribution in [1.29, 1.82) is 0 Å². The quantitative estimate of drug-likeness (QED) is 0.249. The molecule has 9 nitrogen and oxygen atoms in total. The standard InChI is InChI=1S/C17H24NO8P/c1-14(19)24-9-11-27(22,23)10-5-8-16(20)26-13-18-17(21)25-12-15-6-3-2-4-7-15/h2-4,6-7H,5,8-13H2,1H3,(H,18,21)(H,22,23). The van der Waals surface area contributed by atoms with Crippen molar-refractivity contribution < 1.29 is 38.1 Å². The third kappa shape index (κ3) is 11.8. The molecular weight excluding hydrogens is 377 g/mol. The second kappa shape index (κ2) is 12.1. The number of benzene rings is 1. The topological polar surface area (TPSA) is 128 Å². The van der Waals surface area contributed by atoms with Crippen molar-refractivity contribution in [2.24, 2.45) is 0 Å². The molecule has 0 heterocycles. The molecular formula is C17H24NO8P. The van der Waals surface area contributed by atoms with Crippen LogP contribution >= 0.6 is 7.37 Å². The summed E-state index contributed by atoms with van der Waals surface area (Å²) in [5.74, 6) is -1.13. The molecule has 0 spiro atoms. The number of hydrogen-bond donors (Lipinski definition) is 2. The second-order valence-electron chi connectivity index (χ2n) is 5.64. The van der Waals surface area contributed by atoms with Gasteiger partial charge in [-0.05, 0) is 12.0 Å². The van der Waals surface area contributed by atoms with Gasteiger partial charge in [-0.15, -0.1) is 0 Å². The Hall–Kier alpha value is -2.38. The minimum absolute atomic E-state index is 0.0706. The summed E-state index contributed by atoms with van der Waals surface area (Å²) >= 11 is 0. The van der Waals surface area contributed by atoms with Crippen LogP contribution in [0.15, 0.2) is 30.3 Å². The molecule has 27 heavy (non-hydrogen) atoms. The molecule has 0 aromatic heterocycles. The molecule has 1 aromatic carbocycles. The zero-order chi connectivity index (χ0) is 20.1. The Morgan fingerprint density at radius 1 is 1.07 bits per heavy atom. The average molecular weight is 401 g/mol. The molecule has 0 bridgehead atoms. The lowest BCUT2D eigenvalue weighted by Gasteiger charge is -2.11. The Balaban J connectivity index is 2.10. The maximum Gasteiger partial charge on any atom is 0.410 e. The van der Waals surface area contributed by atoms with Gasteiger partial charge in [-0.25, -0.2) is 4.79 Å². The highest BCUT2D eigenvalue weighted by Gasteiger charge is 2.19. The summed E-state index contributed by atoms with van der Waals surface area (Å²) in [6.45, 7) is 0.821. The summed E-state index contributed by atoms with van der Waals surface area (Å²) in [5.41, 5.74) is 0.826. The molecule has 0 aliphatic rings. The van der Waals surface area contributed by atoms with Crippen LogP contribution in [0.2, 0.25) is 0 Å². The van der Waals surface area contributed by atoms with E-state index in [1.807, 2.05) is 18.2 Å². The lowest BCUT2D eigenvalue weighted by molar-refractivity contribution is -0.144. The van der Waals surface area contributed by atoms with E-state index in [-0.39, 0.29) is 45.1 Å². The Labute approximate surface area is 157 Å². The van der Waals surface area contributed by atoms with Crippen molar-refractivity contribution in [3.05, 3.63) is 35.9 Å².